The van der Waals surface area contributed by atoms with E-state index in [9.17, 15) is 19.5 Å². The second-order valence-corrected chi connectivity index (χ2v) is 16.9. The number of halogens is 1. The van der Waals surface area contributed by atoms with E-state index < -0.39 is 34.2 Å². The van der Waals surface area contributed by atoms with E-state index in [1.54, 1.807) is 40.6 Å². The summed E-state index contributed by atoms with van der Waals surface area (Å²) in [4.78, 5) is 49.1. The Morgan fingerprint density at radius 1 is 1.14 bits per heavy atom. The number of aliphatic hydroxyl groups excluding tert-OH is 1. The van der Waals surface area contributed by atoms with Crippen LogP contribution in [0.25, 0.3) is 0 Å². The normalized spacial score (nSPS) is 28.9. The molecule has 1 aromatic rings. The molecule has 9 heteroatoms. The molecule has 0 saturated carbocycles. The van der Waals surface area contributed by atoms with Crippen molar-refractivity contribution in [2.45, 2.75) is 93.4 Å². The van der Waals surface area contributed by atoms with E-state index in [0.717, 1.165) is 12.0 Å². The summed E-state index contributed by atoms with van der Waals surface area (Å²) in [5.41, 5.74) is 0.442. The van der Waals surface area contributed by atoms with Crippen LogP contribution in [0.2, 0.25) is 0 Å². The molecule has 3 amide bonds. The first kappa shape index (κ1) is 33.8. The molecule has 3 aliphatic rings. The van der Waals surface area contributed by atoms with Crippen molar-refractivity contribution in [3.8, 4) is 0 Å². The van der Waals surface area contributed by atoms with Crippen molar-refractivity contribution in [3.05, 3.63) is 61.2 Å². The largest absolute Gasteiger partial charge is 0.394 e. The molecule has 43 heavy (non-hydrogen) atoms. The molecule has 3 fully saturated rings. The summed E-state index contributed by atoms with van der Waals surface area (Å²) in [5.74, 6) is -1.70. The Morgan fingerprint density at radius 3 is 2.33 bits per heavy atom. The van der Waals surface area contributed by atoms with Gasteiger partial charge in [-0.05, 0) is 44.6 Å². The van der Waals surface area contributed by atoms with Gasteiger partial charge in [-0.2, -0.15) is 0 Å². The molecule has 3 unspecified atom stereocenters. The molecule has 0 aromatic heterocycles. The molecule has 236 valence electrons. The predicted molar refractivity (Wildman–Crippen MR) is 178 cm³/mol. The summed E-state index contributed by atoms with van der Waals surface area (Å²) in [6, 6.07) is 8.44. The highest BCUT2D eigenvalue weighted by Gasteiger charge is 2.76. The van der Waals surface area contributed by atoms with Gasteiger partial charge in [-0.1, -0.05) is 79.2 Å². The number of rotatable bonds is 12. The van der Waals surface area contributed by atoms with Crippen molar-refractivity contribution in [2.75, 3.05) is 19.7 Å². The number of fused-ring (bicyclic) bond motifs is 1. The topological polar surface area (TPSA) is 81.2 Å². The lowest BCUT2D eigenvalue weighted by molar-refractivity contribution is -0.149. The van der Waals surface area contributed by atoms with Crippen molar-refractivity contribution in [1.29, 1.82) is 0 Å². The van der Waals surface area contributed by atoms with Gasteiger partial charge in [0, 0.05) is 35.3 Å². The number of benzene rings is 1. The fraction of sp³-hybridized carbons (Fsp3) is 0.618. The molecule has 7 atom stereocenters. The van der Waals surface area contributed by atoms with Crippen LogP contribution in [0.1, 0.15) is 59.9 Å². The SMILES string of the molecule is C=CCN(Cc1ccccc1)C(=O)[C@H]1[C@@H]2SC3(CC2Br)C(C(=O)N(CC=C)C(C)(C)CC(C)(C)C)N([C@H](C)CO)C(=O)[C@H]13. The van der Waals surface area contributed by atoms with Crippen molar-refractivity contribution in [1.82, 2.24) is 14.7 Å². The lowest BCUT2D eigenvalue weighted by Gasteiger charge is -2.46. The van der Waals surface area contributed by atoms with Crippen LogP contribution in [-0.4, -0.2) is 89.7 Å². The van der Waals surface area contributed by atoms with Gasteiger partial charge < -0.3 is 19.8 Å². The number of alkyl halides is 1. The maximum Gasteiger partial charge on any atom is 0.247 e. The lowest BCUT2D eigenvalue weighted by Crippen LogP contribution is -2.61. The van der Waals surface area contributed by atoms with Crippen LogP contribution < -0.4 is 0 Å². The Morgan fingerprint density at radius 2 is 1.77 bits per heavy atom. The summed E-state index contributed by atoms with van der Waals surface area (Å²) in [6.45, 7) is 21.1. The number of carbonyl (C=O) groups is 3. The van der Waals surface area contributed by atoms with E-state index in [2.05, 4.69) is 63.7 Å². The molecule has 2 bridgehead atoms. The zero-order valence-electron chi connectivity index (χ0n) is 26.5. The minimum atomic E-state index is -0.804. The van der Waals surface area contributed by atoms with Crippen molar-refractivity contribution >= 4 is 45.4 Å². The van der Waals surface area contributed by atoms with Crippen LogP contribution >= 0.6 is 27.7 Å². The van der Waals surface area contributed by atoms with Gasteiger partial charge in [0.2, 0.25) is 17.7 Å². The number of aliphatic hydroxyl groups is 1. The van der Waals surface area contributed by atoms with Crippen LogP contribution in [0.5, 0.6) is 0 Å². The summed E-state index contributed by atoms with van der Waals surface area (Å²) in [6.07, 6.45) is 4.80. The Labute approximate surface area is 270 Å². The van der Waals surface area contributed by atoms with Crippen LogP contribution in [-0.2, 0) is 20.9 Å². The van der Waals surface area contributed by atoms with E-state index in [1.807, 2.05) is 35.2 Å². The van der Waals surface area contributed by atoms with Crippen LogP contribution in [0.15, 0.2) is 55.6 Å². The van der Waals surface area contributed by atoms with E-state index >= 15 is 0 Å². The van der Waals surface area contributed by atoms with Gasteiger partial charge in [0.1, 0.15) is 6.04 Å². The Balaban J connectivity index is 1.78. The van der Waals surface area contributed by atoms with E-state index in [4.69, 9.17) is 0 Å². The minimum absolute atomic E-state index is 0.0343. The summed E-state index contributed by atoms with van der Waals surface area (Å²) < 4.78 is -0.791. The molecule has 4 rings (SSSR count). The first-order valence-electron chi connectivity index (χ1n) is 15.2. The standard InChI is InChI=1S/C34H48BrN3O4S/c1-9-16-36(19-23-14-12-11-13-15-23)29(40)25-26-30(41)38(22(3)20-39)28(34(26)18-24(35)27(25)43-34)31(42)37(17-10-2)33(7,8)21-32(4,5)6/h9-15,22,24-28,39H,1-2,16-21H2,3-8H3/t22-,24?,25-,26+,27-,28?,34?/m1/s1. The molecular formula is C34H48BrN3O4S. The lowest BCUT2D eigenvalue weighted by atomic mass is 9.70. The Kier molecular flexibility index (Phi) is 9.99. The fourth-order valence-corrected chi connectivity index (χ4v) is 11.5. The highest BCUT2D eigenvalue weighted by molar-refractivity contribution is 9.09. The monoisotopic (exact) mass is 673 g/mol. The molecule has 1 aromatic carbocycles. The Hall–Kier alpha value is -2.10. The predicted octanol–water partition coefficient (Wildman–Crippen LogP) is 5.28. The van der Waals surface area contributed by atoms with Crippen molar-refractivity contribution in [2.24, 2.45) is 17.3 Å². The quantitative estimate of drug-likeness (QED) is 0.241. The maximum atomic E-state index is 14.9. The van der Waals surface area contributed by atoms with E-state index in [0.29, 0.717) is 26.1 Å². The molecule has 1 spiro atoms. The molecule has 0 radical (unpaired) electrons. The van der Waals surface area contributed by atoms with Gasteiger partial charge in [-0.25, -0.2) is 0 Å². The zero-order valence-corrected chi connectivity index (χ0v) is 28.9. The van der Waals surface area contributed by atoms with Gasteiger partial charge in [0.05, 0.1) is 29.2 Å². The van der Waals surface area contributed by atoms with Crippen LogP contribution in [0.3, 0.4) is 0 Å². The number of nitrogens with zero attached hydrogens (tertiary/aromatic N) is 3. The third-order valence-electron chi connectivity index (χ3n) is 9.13. The average molecular weight is 675 g/mol. The first-order chi connectivity index (χ1) is 20.1. The maximum absolute atomic E-state index is 14.9. The summed E-state index contributed by atoms with van der Waals surface area (Å²) in [5, 5.41) is 10.2. The molecule has 1 N–H and O–H groups in total. The first-order valence-corrected chi connectivity index (χ1v) is 17.0. The van der Waals surface area contributed by atoms with E-state index in [1.165, 1.54) is 0 Å². The second kappa shape index (κ2) is 12.7. The van der Waals surface area contributed by atoms with Gasteiger partial charge in [-0.3, -0.25) is 14.4 Å². The fourth-order valence-electron chi connectivity index (χ4n) is 7.90. The number of hydrogen-bond acceptors (Lipinski definition) is 5. The molecular weight excluding hydrogens is 626 g/mol. The number of carbonyl (C=O) groups excluding carboxylic acids is 3. The summed E-state index contributed by atoms with van der Waals surface area (Å²) in [7, 11) is 0. The van der Waals surface area contributed by atoms with Crippen molar-refractivity contribution in [3.63, 3.8) is 0 Å². The number of hydrogen-bond donors (Lipinski definition) is 1. The summed E-state index contributed by atoms with van der Waals surface area (Å²) >= 11 is 5.51. The zero-order chi connectivity index (χ0) is 31.9. The van der Waals surface area contributed by atoms with Gasteiger partial charge >= 0.3 is 0 Å². The third-order valence-corrected chi connectivity index (χ3v) is 12.4. The highest BCUT2D eigenvalue weighted by atomic mass is 79.9. The molecule has 7 nitrogen and oxygen atoms in total. The molecule has 3 saturated heterocycles. The van der Waals surface area contributed by atoms with Gasteiger partial charge in [0.25, 0.3) is 0 Å². The van der Waals surface area contributed by atoms with Crippen LogP contribution in [0.4, 0.5) is 0 Å². The van der Waals surface area contributed by atoms with E-state index in [-0.39, 0.29) is 39.8 Å². The molecule has 0 aliphatic carbocycles. The van der Waals surface area contributed by atoms with Gasteiger partial charge in [-0.15, -0.1) is 24.9 Å². The van der Waals surface area contributed by atoms with Crippen LogP contribution in [0, 0.1) is 17.3 Å². The average Bonchev–Trinajstić information content (AvgIpc) is 3.52. The third kappa shape index (κ3) is 6.23. The second-order valence-electron chi connectivity index (χ2n) is 14.2. The number of thioether (sulfide) groups is 1. The number of amides is 3. The number of likely N-dealkylation sites (tertiary alicyclic amines) is 1. The minimum Gasteiger partial charge on any atom is -0.394 e. The van der Waals surface area contributed by atoms with Gasteiger partial charge in [0.15, 0.2) is 0 Å². The smallest absolute Gasteiger partial charge is 0.247 e. The molecule has 3 heterocycles. The Bertz CT molecular complexity index is 1230. The van der Waals surface area contributed by atoms with Crippen molar-refractivity contribution < 1.29 is 19.5 Å². The molecule has 3 aliphatic heterocycles. The highest BCUT2D eigenvalue weighted by Crippen LogP contribution is 2.68.